The van der Waals surface area contributed by atoms with Crippen molar-refractivity contribution in [3.8, 4) is 0 Å². The second-order valence-corrected chi connectivity index (χ2v) is 11.4. The van der Waals surface area contributed by atoms with E-state index in [9.17, 15) is 25.8 Å². The van der Waals surface area contributed by atoms with Crippen molar-refractivity contribution < 1.29 is 25.8 Å². The van der Waals surface area contributed by atoms with Crippen LogP contribution in [0.5, 0.6) is 0 Å². The van der Waals surface area contributed by atoms with Crippen LogP contribution in [0.25, 0.3) is 0 Å². The van der Waals surface area contributed by atoms with E-state index in [-0.39, 0.29) is 18.3 Å². The molecule has 0 aliphatic heterocycles. The molecule has 0 aliphatic carbocycles. The number of sulfonamides is 1. The fourth-order valence-electron chi connectivity index (χ4n) is 2.97. The van der Waals surface area contributed by atoms with Crippen LogP contribution in [0.1, 0.15) is 11.1 Å². The van der Waals surface area contributed by atoms with Crippen LogP contribution < -0.4 is 14.9 Å². The van der Waals surface area contributed by atoms with Gasteiger partial charge in [-0.1, -0.05) is 6.07 Å². The quantitative estimate of drug-likeness (QED) is 0.422. The van der Waals surface area contributed by atoms with E-state index >= 15 is 0 Å². The van der Waals surface area contributed by atoms with Gasteiger partial charge in [-0.25, -0.2) is 26.9 Å². The standard InChI is InChI=1S/C21H24F3N7O3S2/c1-30(2)35(32)16-9-7-15(8-10-16)28-20-27-13-17(21(22,23)24)18(29-20)26-12-14-6-5-11-25-19(14)31(3)36(4,33)34/h5-11,13H,12H2,1-4H3,(H2,26,27,28,29). The summed E-state index contributed by atoms with van der Waals surface area (Å²) in [6, 6.07) is 9.53. The summed E-state index contributed by atoms with van der Waals surface area (Å²) in [6.07, 6.45) is -1.71. The SMILES string of the molecule is CN(C)S(=O)c1ccc(Nc2ncc(C(F)(F)F)c(NCc3cccnc3N(C)S(C)(=O)=O)n2)cc1. The first kappa shape index (κ1) is 27.3. The second-order valence-electron chi connectivity index (χ2n) is 7.73. The first-order valence-electron chi connectivity index (χ1n) is 10.3. The van der Waals surface area contributed by atoms with Gasteiger partial charge in [-0.3, -0.25) is 4.31 Å². The number of nitrogens with zero attached hydrogens (tertiary/aromatic N) is 5. The van der Waals surface area contributed by atoms with Gasteiger partial charge in [-0.05, 0) is 44.4 Å². The van der Waals surface area contributed by atoms with Gasteiger partial charge in [0.25, 0.3) is 0 Å². The van der Waals surface area contributed by atoms with E-state index in [0.717, 1.165) is 10.6 Å². The monoisotopic (exact) mass is 543 g/mol. The highest BCUT2D eigenvalue weighted by molar-refractivity contribution is 7.92. The lowest BCUT2D eigenvalue weighted by molar-refractivity contribution is -0.137. The van der Waals surface area contributed by atoms with Crippen molar-refractivity contribution in [2.45, 2.75) is 17.6 Å². The maximum Gasteiger partial charge on any atom is 0.421 e. The van der Waals surface area contributed by atoms with Gasteiger partial charge < -0.3 is 10.6 Å². The zero-order valence-corrected chi connectivity index (χ0v) is 21.4. The summed E-state index contributed by atoms with van der Waals surface area (Å²) in [5, 5.41) is 5.45. The van der Waals surface area contributed by atoms with Crippen LogP contribution >= 0.6 is 0 Å². The minimum atomic E-state index is -4.74. The van der Waals surface area contributed by atoms with E-state index in [4.69, 9.17) is 0 Å². The summed E-state index contributed by atoms with van der Waals surface area (Å²) in [4.78, 5) is 12.3. The van der Waals surface area contributed by atoms with Gasteiger partial charge >= 0.3 is 6.18 Å². The molecule has 0 spiro atoms. The van der Waals surface area contributed by atoms with Gasteiger partial charge in [0.05, 0.1) is 11.2 Å². The van der Waals surface area contributed by atoms with E-state index in [0.29, 0.717) is 22.3 Å². The third-order valence-corrected chi connectivity index (χ3v) is 7.35. The minimum Gasteiger partial charge on any atom is -0.365 e. The van der Waals surface area contributed by atoms with Crippen molar-refractivity contribution in [2.75, 3.05) is 42.3 Å². The molecule has 194 valence electrons. The van der Waals surface area contributed by atoms with Gasteiger partial charge in [0, 0.05) is 37.2 Å². The maximum absolute atomic E-state index is 13.6. The Morgan fingerprint density at radius 3 is 2.31 bits per heavy atom. The molecule has 2 aromatic heterocycles. The zero-order valence-electron chi connectivity index (χ0n) is 19.7. The average molecular weight is 544 g/mol. The van der Waals surface area contributed by atoms with Crippen molar-refractivity contribution in [3.05, 3.63) is 59.9 Å². The van der Waals surface area contributed by atoms with Gasteiger partial charge in [0.15, 0.2) is 0 Å². The molecule has 3 rings (SSSR count). The normalized spacial score (nSPS) is 12.9. The summed E-state index contributed by atoms with van der Waals surface area (Å²) in [5.74, 6) is -0.530. The smallest absolute Gasteiger partial charge is 0.365 e. The molecule has 2 N–H and O–H groups in total. The third-order valence-electron chi connectivity index (χ3n) is 4.85. The molecule has 1 aromatic carbocycles. The van der Waals surface area contributed by atoms with Crippen LogP contribution in [0.15, 0.2) is 53.7 Å². The molecular formula is C21H24F3N7O3S2. The Balaban J connectivity index is 1.87. The Labute approximate surface area is 209 Å². The second kappa shape index (κ2) is 10.8. The molecule has 3 aromatic rings. The van der Waals surface area contributed by atoms with Crippen molar-refractivity contribution in [1.82, 2.24) is 19.3 Å². The van der Waals surface area contributed by atoms with Crippen LogP contribution in [0.2, 0.25) is 0 Å². The number of hydrogen-bond donors (Lipinski definition) is 2. The maximum atomic E-state index is 13.6. The number of pyridine rings is 1. The number of alkyl halides is 3. The summed E-state index contributed by atoms with van der Waals surface area (Å²) in [5.41, 5.74) is -0.271. The molecule has 0 saturated carbocycles. The molecule has 0 aliphatic rings. The van der Waals surface area contributed by atoms with Gasteiger partial charge in [0.2, 0.25) is 16.0 Å². The van der Waals surface area contributed by atoms with Crippen LogP contribution in [-0.4, -0.2) is 59.3 Å². The van der Waals surface area contributed by atoms with Crippen LogP contribution in [0.3, 0.4) is 0 Å². The zero-order chi connectivity index (χ0) is 26.7. The molecule has 1 atom stereocenters. The van der Waals surface area contributed by atoms with Gasteiger partial charge in [-0.2, -0.15) is 18.2 Å². The van der Waals surface area contributed by atoms with E-state index in [2.05, 4.69) is 25.6 Å². The first-order chi connectivity index (χ1) is 16.8. The molecule has 0 saturated heterocycles. The summed E-state index contributed by atoms with van der Waals surface area (Å²) < 4.78 is 79.3. The lowest BCUT2D eigenvalue weighted by Crippen LogP contribution is -2.27. The first-order valence-corrected chi connectivity index (χ1v) is 13.2. The Kier molecular flexibility index (Phi) is 8.15. The molecule has 15 heteroatoms. The van der Waals surface area contributed by atoms with Crippen LogP contribution in [-0.2, 0) is 33.7 Å². The molecule has 36 heavy (non-hydrogen) atoms. The molecule has 2 heterocycles. The number of benzene rings is 1. The molecule has 1 unspecified atom stereocenters. The molecule has 0 radical (unpaired) electrons. The highest BCUT2D eigenvalue weighted by Gasteiger charge is 2.35. The van der Waals surface area contributed by atoms with E-state index in [1.54, 1.807) is 50.5 Å². The van der Waals surface area contributed by atoms with Crippen molar-refractivity contribution >= 4 is 44.3 Å². The number of halogens is 3. The molecule has 0 fully saturated rings. The number of anilines is 4. The van der Waals surface area contributed by atoms with E-state index < -0.39 is 38.6 Å². The molecule has 0 bridgehead atoms. The fraction of sp³-hybridized carbons (Fsp3) is 0.286. The highest BCUT2D eigenvalue weighted by atomic mass is 32.2. The Hall–Kier alpha value is -3.30. The Morgan fingerprint density at radius 2 is 1.72 bits per heavy atom. The highest BCUT2D eigenvalue weighted by Crippen LogP contribution is 2.34. The van der Waals surface area contributed by atoms with Crippen molar-refractivity contribution in [3.63, 3.8) is 0 Å². The Morgan fingerprint density at radius 1 is 1.06 bits per heavy atom. The number of nitrogens with one attached hydrogen (secondary N) is 2. The van der Waals surface area contributed by atoms with Crippen molar-refractivity contribution in [2.24, 2.45) is 0 Å². The van der Waals surface area contributed by atoms with Crippen molar-refractivity contribution in [1.29, 1.82) is 0 Å². The number of hydrogen-bond acceptors (Lipinski definition) is 8. The van der Waals surface area contributed by atoms with Gasteiger partial charge in [-0.15, -0.1) is 0 Å². The van der Waals surface area contributed by atoms with E-state index in [1.807, 2.05) is 0 Å². The van der Waals surface area contributed by atoms with Gasteiger partial charge in [0.1, 0.15) is 28.2 Å². The largest absolute Gasteiger partial charge is 0.421 e. The predicted molar refractivity (Wildman–Crippen MR) is 132 cm³/mol. The predicted octanol–water partition coefficient (Wildman–Crippen LogP) is 3.23. The molecule has 10 nitrogen and oxygen atoms in total. The minimum absolute atomic E-state index is 0.0728. The van der Waals surface area contributed by atoms with Crippen LogP contribution in [0, 0.1) is 0 Å². The molecule has 0 amide bonds. The average Bonchev–Trinajstić information content (AvgIpc) is 2.81. The lowest BCUT2D eigenvalue weighted by Gasteiger charge is -2.20. The Bertz CT molecular complexity index is 1350. The third kappa shape index (κ3) is 6.67. The lowest BCUT2D eigenvalue weighted by atomic mass is 10.2. The molecular weight excluding hydrogens is 519 g/mol. The summed E-state index contributed by atoms with van der Waals surface area (Å²) in [6.45, 7) is -0.187. The number of aromatic nitrogens is 3. The topological polar surface area (TPSA) is 120 Å². The van der Waals surface area contributed by atoms with Crippen LogP contribution in [0.4, 0.5) is 36.4 Å². The summed E-state index contributed by atoms with van der Waals surface area (Å²) in [7, 11) is -0.353. The number of rotatable bonds is 9. The fourth-order valence-corrected chi connectivity index (χ4v) is 4.24. The van der Waals surface area contributed by atoms with E-state index in [1.165, 1.54) is 17.5 Å². The summed E-state index contributed by atoms with van der Waals surface area (Å²) >= 11 is 0.